The Hall–Kier alpha value is -0.399. The summed E-state index contributed by atoms with van der Waals surface area (Å²) in [5, 5.41) is 24.4. The van der Waals surface area contributed by atoms with Crippen molar-refractivity contribution < 1.29 is 66.8 Å². The number of rotatable bonds is 6. The molecule has 0 saturated heterocycles. The van der Waals surface area contributed by atoms with E-state index in [9.17, 15) is 0 Å². The second-order valence-corrected chi connectivity index (χ2v) is 6.76. The maximum atomic E-state index is 5.95. The molecule has 0 aromatic heterocycles. The first-order chi connectivity index (χ1) is 11.6. The van der Waals surface area contributed by atoms with Crippen molar-refractivity contribution >= 4 is 7.32 Å². The van der Waals surface area contributed by atoms with Crippen molar-refractivity contribution in [3.8, 4) is 0 Å². The summed E-state index contributed by atoms with van der Waals surface area (Å²) >= 11 is 0. The van der Waals surface area contributed by atoms with E-state index in [4.69, 9.17) is 14.0 Å². The number of hydrogen-bond acceptors (Lipinski definition) is 9. The van der Waals surface area contributed by atoms with Crippen molar-refractivity contribution in [1.82, 2.24) is 0 Å². The average Bonchev–Trinajstić information content (AvgIpc) is 3.09. The monoisotopic (exact) mass is 384 g/mol. The second-order valence-electron chi connectivity index (χ2n) is 6.76. The van der Waals surface area contributed by atoms with Gasteiger partial charge in [0.05, 0.1) is 17.1 Å². The van der Waals surface area contributed by atoms with Gasteiger partial charge in [-0.2, -0.15) is 30.7 Å². The van der Waals surface area contributed by atoms with Crippen LogP contribution in [0.25, 0.3) is 0 Å². The summed E-state index contributed by atoms with van der Waals surface area (Å²) in [6.07, 6.45) is 5.35. The van der Waals surface area contributed by atoms with Crippen molar-refractivity contribution in [3.05, 3.63) is 35.3 Å². The van der Waals surface area contributed by atoms with E-state index in [1.807, 2.05) is 20.8 Å². The molecular weight excluding hydrogens is 362 g/mol. The van der Waals surface area contributed by atoms with Crippen LogP contribution in [0.2, 0.25) is 0 Å². The molecule has 3 heterocycles. The molecule has 0 aromatic carbocycles. The van der Waals surface area contributed by atoms with Crippen LogP contribution in [0.5, 0.6) is 0 Å². The molecule has 11 heteroatoms. The van der Waals surface area contributed by atoms with Gasteiger partial charge in [-0.05, 0) is 59.8 Å². The third-order valence-corrected chi connectivity index (χ3v) is 3.65. The fourth-order valence-electron chi connectivity index (χ4n) is 2.70. The third kappa shape index (κ3) is 5.32. The van der Waals surface area contributed by atoms with E-state index < -0.39 is 24.5 Å². The molecular formula is C15H22BKN6O3. The molecule has 3 rings (SSSR count). The van der Waals surface area contributed by atoms with Crippen LogP contribution in [-0.2, 0) is 14.0 Å². The zero-order valence-electron chi connectivity index (χ0n) is 17.2. The Balaban J connectivity index is 0.00000182. The fourth-order valence-corrected chi connectivity index (χ4v) is 2.70. The molecule has 26 heavy (non-hydrogen) atoms. The average molecular weight is 384 g/mol. The Morgan fingerprint density at radius 1 is 0.692 bits per heavy atom. The van der Waals surface area contributed by atoms with Gasteiger partial charge in [0.15, 0.2) is 17.2 Å². The second kappa shape index (κ2) is 7.92. The normalized spacial score (nSPS) is 34.6. The molecule has 0 spiro atoms. The van der Waals surface area contributed by atoms with Gasteiger partial charge < -0.3 is 15.4 Å². The fraction of sp³-hybridized carbons (Fsp3) is 0.600. The molecule has 134 valence electrons. The Bertz CT molecular complexity index is 673. The summed E-state index contributed by atoms with van der Waals surface area (Å²) in [6, 6.07) is 0. The SMILES string of the molecule is CC1=CC(C)(OB(OC2(C)C=C(C)N=N2)OC2(C)C=C(C)N=N2)N=N1.[H-].[K+]. The standard InChI is InChI=1S/C15H21BN6O3.K.H/c1-10-7-13(4,20-17-10)23-16(24-14(5)8-11(2)18-21-14)25-15(6)9-12(3)19-22-15;;/h7-9H,1-6H3;;/q;+1;-1. The first-order valence-corrected chi connectivity index (χ1v) is 7.99. The van der Waals surface area contributed by atoms with Crippen molar-refractivity contribution in [2.45, 2.75) is 58.7 Å². The summed E-state index contributed by atoms with van der Waals surface area (Å²) in [7, 11) is -1.12. The molecule has 0 aromatic rings. The van der Waals surface area contributed by atoms with Gasteiger partial charge in [-0.1, -0.05) is 0 Å². The number of nitrogens with zero attached hydrogens (tertiary/aromatic N) is 6. The van der Waals surface area contributed by atoms with Crippen molar-refractivity contribution in [2.24, 2.45) is 30.7 Å². The molecule has 3 aliphatic rings. The molecule has 0 saturated carbocycles. The maximum absolute atomic E-state index is 5.95. The zero-order chi connectivity index (χ0) is 18.3. The molecule has 9 nitrogen and oxygen atoms in total. The van der Waals surface area contributed by atoms with Gasteiger partial charge in [0, 0.05) is 0 Å². The molecule has 0 fully saturated rings. The molecule has 0 N–H and O–H groups in total. The summed E-state index contributed by atoms with van der Waals surface area (Å²) in [6.45, 7) is 10.8. The van der Waals surface area contributed by atoms with Crippen LogP contribution in [0.3, 0.4) is 0 Å². The molecule has 0 aliphatic carbocycles. The number of allylic oxidation sites excluding steroid dienone is 3. The molecule has 0 radical (unpaired) electrons. The van der Waals surface area contributed by atoms with Gasteiger partial charge in [0.25, 0.3) is 0 Å². The molecule has 0 amide bonds. The van der Waals surface area contributed by atoms with Crippen LogP contribution in [0.1, 0.15) is 43.0 Å². The van der Waals surface area contributed by atoms with E-state index in [2.05, 4.69) is 30.7 Å². The van der Waals surface area contributed by atoms with Crippen LogP contribution in [0.4, 0.5) is 0 Å². The first-order valence-electron chi connectivity index (χ1n) is 7.99. The van der Waals surface area contributed by atoms with E-state index >= 15 is 0 Å². The van der Waals surface area contributed by atoms with E-state index in [1.54, 1.807) is 39.0 Å². The van der Waals surface area contributed by atoms with Gasteiger partial charge in [-0.25, -0.2) is 0 Å². The molecule has 0 bridgehead atoms. The third-order valence-electron chi connectivity index (χ3n) is 3.65. The Morgan fingerprint density at radius 2 is 0.962 bits per heavy atom. The molecule has 3 unspecified atom stereocenters. The van der Waals surface area contributed by atoms with E-state index in [0.29, 0.717) is 0 Å². The van der Waals surface area contributed by atoms with Crippen LogP contribution >= 0.6 is 0 Å². The van der Waals surface area contributed by atoms with Crippen LogP contribution in [0, 0.1) is 0 Å². The van der Waals surface area contributed by atoms with Crippen molar-refractivity contribution in [3.63, 3.8) is 0 Å². The zero-order valence-corrected chi connectivity index (χ0v) is 19.3. The van der Waals surface area contributed by atoms with E-state index in [-0.39, 0.29) is 52.8 Å². The minimum absolute atomic E-state index is 0. The Kier molecular flexibility index (Phi) is 6.67. The minimum atomic E-state index is -1.12. The quantitative estimate of drug-likeness (QED) is 0.647. The maximum Gasteiger partial charge on any atom is 1.00 e. The molecule has 3 aliphatic heterocycles. The van der Waals surface area contributed by atoms with Crippen molar-refractivity contribution in [1.29, 1.82) is 0 Å². The van der Waals surface area contributed by atoms with Gasteiger partial charge in [0.2, 0.25) is 0 Å². The minimum Gasteiger partial charge on any atom is -1.00 e. The van der Waals surface area contributed by atoms with Gasteiger partial charge in [0.1, 0.15) is 0 Å². The van der Waals surface area contributed by atoms with E-state index in [1.165, 1.54) is 0 Å². The predicted molar refractivity (Wildman–Crippen MR) is 91.2 cm³/mol. The smallest absolute Gasteiger partial charge is 1.00 e. The van der Waals surface area contributed by atoms with Gasteiger partial charge >= 0.3 is 58.7 Å². The summed E-state index contributed by atoms with van der Waals surface area (Å²) < 4.78 is 17.9. The topological polar surface area (TPSA) is 102 Å². The number of azo groups is 3. The van der Waals surface area contributed by atoms with Crippen LogP contribution in [-0.4, -0.2) is 24.5 Å². The van der Waals surface area contributed by atoms with E-state index in [0.717, 1.165) is 17.1 Å². The summed E-state index contributed by atoms with van der Waals surface area (Å²) in [5.41, 5.74) is -0.719. The van der Waals surface area contributed by atoms with Gasteiger partial charge in [-0.15, -0.1) is 0 Å². The first kappa shape index (κ1) is 21.9. The largest absolute Gasteiger partial charge is 1.00 e. The Labute approximate surface area is 197 Å². The van der Waals surface area contributed by atoms with Crippen LogP contribution in [0.15, 0.2) is 66.0 Å². The van der Waals surface area contributed by atoms with Crippen LogP contribution < -0.4 is 51.4 Å². The number of hydrogen-bond donors (Lipinski definition) is 0. The summed E-state index contributed by atoms with van der Waals surface area (Å²) in [5.74, 6) is 0. The predicted octanol–water partition coefficient (Wildman–Crippen LogP) is 1.40. The summed E-state index contributed by atoms with van der Waals surface area (Å²) in [4.78, 5) is 0. The molecule has 3 atom stereocenters. The van der Waals surface area contributed by atoms with Gasteiger partial charge in [-0.3, -0.25) is 0 Å². The Morgan fingerprint density at radius 3 is 1.15 bits per heavy atom. The van der Waals surface area contributed by atoms with Crippen molar-refractivity contribution in [2.75, 3.05) is 0 Å².